The molecule has 0 fully saturated rings. The standard InChI is InChI=1S/2C18H15P.C4H5.Ni/c2*1-4-10-16(11-5-1)19(17-12-6-2-7-13-17)18-14-8-3-9-15-18;1-3-4-2;/h2*1-15H;1H2,2H3;/q;;;-2/p+2. The van der Waals surface area contributed by atoms with Crippen LogP contribution < -0.4 is 31.8 Å². The Morgan fingerprint density at radius 1 is 0.372 bits per heavy atom. The van der Waals surface area contributed by atoms with Crippen molar-refractivity contribution in [1.29, 1.82) is 0 Å². The van der Waals surface area contributed by atoms with Gasteiger partial charge in [0.2, 0.25) is 0 Å². The molecule has 0 aliphatic rings. The summed E-state index contributed by atoms with van der Waals surface area (Å²) in [5.41, 5.74) is 0. The van der Waals surface area contributed by atoms with E-state index in [1.807, 2.05) is 6.92 Å². The summed E-state index contributed by atoms with van der Waals surface area (Å²) < 4.78 is 0. The Hall–Kier alpha value is -3.77. The zero-order valence-electron chi connectivity index (χ0n) is 24.3. The molecule has 0 nitrogen and oxygen atoms in total. The fraction of sp³-hybridized carbons (Fsp3) is 0.0500. The van der Waals surface area contributed by atoms with E-state index in [0.29, 0.717) is 0 Å². The van der Waals surface area contributed by atoms with Gasteiger partial charge in [0, 0.05) is 0 Å². The van der Waals surface area contributed by atoms with Crippen molar-refractivity contribution in [2.24, 2.45) is 0 Å². The molecule has 0 aromatic heterocycles. The Morgan fingerprint density at radius 3 is 0.767 bits per heavy atom. The molecule has 0 aliphatic carbocycles. The van der Waals surface area contributed by atoms with Crippen LogP contribution >= 0.6 is 12.1 Å². The van der Waals surface area contributed by atoms with Crippen LogP contribution in [0.2, 0.25) is 5.39 Å². The van der Waals surface area contributed by atoms with Crippen molar-refractivity contribution < 1.29 is 12.5 Å². The summed E-state index contributed by atoms with van der Waals surface area (Å²) in [6, 6.07) is 62.9. The number of benzene rings is 6. The fourth-order valence-corrected chi connectivity index (χ4v) is 38.2. The number of rotatable bonds is 9. The molecule has 6 aromatic carbocycles. The fourth-order valence-electron chi connectivity index (χ4n) is 6.06. The predicted octanol–water partition coefficient (Wildman–Crippen LogP) is 7.33. The summed E-state index contributed by atoms with van der Waals surface area (Å²) in [5, 5.41) is 9.51. The number of hydrogen-bond acceptors (Lipinski definition) is 0. The van der Waals surface area contributed by atoms with Gasteiger partial charge in [0.25, 0.3) is 0 Å². The van der Waals surface area contributed by atoms with Crippen molar-refractivity contribution in [3.63, 3.8) is 0 Å². The van der Waals surface area contributed by atoms with Crippen molar-refractivity contribution in [1.82, 2.24) is 0 Å². The molecule has 43 heavy (non-hydrogen) atoms. The maximum atomic E-state index is 3.72. The first-order valence-corrected chi connectivity index (χ1v) is 21.9. The van der Waals surface area contributed by atoms with Gasteiger partial charge in [-0.1, -0.05) is 0 Å². The normalized spacial score (nSPS) is 12.4. The van der Waals surface area contributed by atoms with Crippen LogP contribution in [0.5, 0.6) is 0 Å². The molecule has 6 aromatic rings. The minimum atomic E-state index is -2.77. The SMILES string of the molecule is CC#C[CH2][Ni]([PH](c1ccccc1)(c1ccccc1)c1ccccc1)[PH](c1ccccc1)(c1ccccc1)c1ccccc1. The summed E-state index contributed by atoms with van der Waals surface area (Å²) >= 11 is -0.443. The van der Waals surface area contributed by atoms with Gasteiger partial charge in [-0.05, 0) is 0 Å². The summed E-state index contributed by atoms with van der Waals surface area (Å²) in [4.78, 5) is 0. The third-order valence-corrected chi connectivity index (χ3v) is 33.4. The minimum absolute atomic E-state index is 0.443. The van der Waals surface area contributed by atoms with Crippen molar-refractivity contribution in [2.45, 2.75) is 12.3 Å². The second-order valence-corrected chi connectivity index (χ2v) is 26.4. The first kappa shape index (κ1) is 29.3. The Bertz CT molecular complexity index is 1460. The molecule has 0 heterocycles. The second-order valence-electron chi connectivity index (χ2n) is 10.3. The van der Waals surface area contributed by atoms with Gasteiger partial charge in [-0.3, -0.25) is 0 Å². The molecule has 0 unspecified atom stereocenters. The second kappa shape index (κ2) is 13.7. The first-order chi connectivity index (χ1) is 21.3. The molecule has 0 spiro atoms. The van der Waals surface area contributed by atoms with Crippen LogP contribution in [0.4, 0.5) is 0 Å². The van der Waals surface area contributed by atoms with Gasteiger partial charge in [0.1, 0.15) is 0 Å². The van der Waals surface area contributed by atoms with Crippen molar-refractivity contribution >= 4 is 43.9 Å². The molecule has 0 amide bonds. The molecule has 0 aliphatic heterocycles. The van der Waals surface area contributed by atoms with E-state index in [1.54, 1.807) is 0 Å². The molecule has 0 atom stereocenters. The van der Waals surface area contributed by atoms with E-state index in [4.69, 9.17) is 0 Å². The van der Waals surface area contributed by atoms with E-state index in [2.05, 4.69) is 194 Å². The van der Waals surface area contributed by atoms with Crippen LogP contribution in [0.1, 0.15) is 6.92 Å². The molecule has 3 heteroatoms. The van der Waals surface area contributed by atoms with Gasteiger partial charge < -0.3 is 0 Å². The Kier molecular flexibility index (Phi) is 9.33. The van der Waals surface area contributed by atoms with Crippen molar-refractivity contribution in [3.8, 4) is 11.8 Å². The van der Waals surface area contributed by atoms with E-state index in [9.17, 15) is 0 Å². The monoisotopic (exact) mass is 637 g/mol. The molecule has 6 rings (SSSR count). The third-order valence-electron chi connectivity index (χ3n) is 7.84. The van der Waals surface area contributed by atoms with Crippen molar-refractivity contribution in [2.75, 3.05) is 0 Å². The van der Waals surface area contributed by atoms with E-state index in [0.717, 1.165) is 5.39 Å². The zero-order valence-corrected chi connectivity index (χ0v) is 27.3. The van der Waals surface area contributed by atoms with Crippen LogP contribution in [0.25, 0.3) is 0 Å². The van der Waals surface area contributed by atoms with E-state index in [1.165, 1.54) is 31.8 Å². The molecule has 0 radical (unpaired) electrons. The van der Waals surface area contributed by atoms with Gasteiger partial charge in [0.05, 0.1) is 0 Å². The van der Waals surface area contributed by atoms with Crippen LogP contribution in [-0.2, 0) is 12.5 Å². The topological polar surface area (TPSA) is 0 Å². The molecular formula is C40H37NiP2. The van der Waals surface area contributed by atoms with Crippen LogP contribution in [-0.4, -0.2) is 0 Å². The van der Waals surface area contributed by atoms with Crippen LogP contribution in [0.3, 0.4) is 0 Å². The van der Waals surface area contributed by atoms with E-state index in [-0.39, 0.29) is 0 Å². The van der Waals surface area contributed by atoms with Gasteiger partial charge >= 0.3 is 263 Å². The van der Waals surface area contributed by atoms with Crippen molar-refractivity contribution in [3.05, 3.63) is 182 Å². The Morgan fingerprint density at radius 2 is 0.581 bits per heavy atom. The summed E-state index contributed by atoms with van der Waals surface area (Å²) in [6.07, 6.45) is 0. The zero-order chi connectivity index (χ0) is 29.4. The summed E-state index contributed by atoms with van der Waals surface area (Å²) in [5.74, 6) is 7.07. The van der Waals surface area contributed by atoms with Crippen LogP contribution in [0, 0.1) is 11.8 Å². The van der Waals surface area contributed by atoms with Gasteiger partial charge in [0.15, 0.2) is 0 Å². The van der Waals surface area contributed by atoms with Crippen LogP contribution in [0.15, 0.2) is 182 Å². The molecule has 0 saturated carbocycles. The third kappa shape index (κ3) is 5.42. The maximum absolute atomic E-state index is 3.72. The molecule has 217 valence electrons. The average Bonchev–Trinajstić information content (AvgIpc) is 3.10. The molecule has 0 saturated heterocycles. The quantitative estimate of drug-likeness (QED) is 0.0885. The molecule has 0 N–H and O–H groups in total. The van der Waals surface area contributed by atoms with E-state index < -0.39 is 24.6 Å². The Balaban J connectivity index is 1.87. The van der Waals surface area contributed by atoms with E-state index >= 15 is 0 Å². The summed E-state index contributed by atoms with van der Waals surface area (Å²) in [6.45, 7) is 2.00. The molecular weight excluding hydrogens is 601 g/mol. The molecule has 0 bridgehead atoms. The first-order valence-electron chi connectivity index (χ1n) is 14.6. The summed E-state index contributed by atoms with van der Waals surface area (Å²) in [7, 11) is 0. The van der Waals surface area contributed by atoms with Gasteiger partial charge in [-0.15, -0.1) is 0 Å². The van der Waals surface area contributed by atoms with Gasteiger partial charge in [-0.2, -0.15) is 0 Å². The number of hydrogen-bond donors (Lipinski definition) is 0. The average molecular weight is 638 g/mol. The van der Waals surface area contributed by atoms with Gasteiger partial charge in [-0.25, -0.2) is 0 Å². The Labute approximate surface area is 261 Å². The predicted molar refractivity (Wildman–Crippen MR) is 191 cm³/mol.